The summed E-state index contributed by atoms with van der Waals surface area (Å²) in [5, 5.41) is 14.4. The van der Waals surface area contributed by atoms with Crippen molar-refractivity contribution in [3.05, 3.63) is 35.4 Å². The standard InChI is InChI=1S/C25H36N6O3.3C2H6/c1-3-9-31(10-4-2)24-18-23(26-25(27-24)34-16-13-30-11-14-33-15-12-30)29-28-22-8-5-19-17-20(32)6-7-21(19)22;3*1-2/h6-7,17-18,32H,3-5,8-16H2,1-2H3,(H,26,27,29);3*1-2H3/b28-22+;;;. The molecule has 2 heterocycles. The van der Waals surface area contributed by atoms with E-state index in [4.69, 9.17) is 14.5 Å². The number of fused-ring (bicyclic) bond motifs is 1. The van der Waals surface area contributed by atoms with E-state index in [1.54, 1.807) is 6.07 Å². The van der Waals surface area contributed by atoms with Crippen LogP contribution in [-0.2, 0) is 11.2 Å². The highest BCUT2D eigenvalue weighted by Crippen LogP contribution is 2.27. The Labute approximate surface area is 243 Å². The van der Waals surface area contributed by atoms with Gasteiger partial charge in [0.1, 0.15) is 18.2 Å². The van der Waals surface area contributed by atoms with Crippen LogP contribution in [0.4, 0.5) is 11.6 Å². The summed E-state index contributed by atoms with van der Waals surface area (Å²) in [7, 11) is 0. The van der Waals surface area contributed by atoms with E-state index in [9.17, 15) is 5.11 Å². The van der Waals surface area contributed by atoms with Crippen LogP contribution in [-0.4, -0.2) is 78.2 Å². The fraction of sp³-hybridized carbons (Fsp3) is 0.645. The number of aryl methyl sites for hydroxylation is 1. The molecule has 0 bridgehead atoms. The van der Waals surface area contributed by atoms with Gasteiger partial charge in [0.2, 0.25) is 0 Å². The van der Waals surface area contributed by atoms with Gasteiger partial charge in [-0.25, -0.2) is 0 Å². The Morgan fingerprint density at radius 1 is 0.975 bits per heavy atom. The van der Waals surface area contributed by atoms with E-state index >= 15 is 0 Å². The number of phenolic OH excluding ortho intramolecular Hbond substituents is 1. The molecule has 2 N–H and O–H groups in total. The molecule has 2 aromatic rings. The third-order valence-corrected chi connectivity index (χ3v) is 6.08. The second kappa shape index (κ2) is 20.9. The van der Waals surface area contributed by atoms with Crippen molar-refractivity contribution in [2.24, 2.45) is 5.10 Å². The highest BCUT2D eigenvalue weighted by atomic mass is 16.5. The summed E-state index contributed by atoms with van der Waals surface area (Å²) >= 11 is 0. The minimum Gasteiger partial charge on any atom is -0.508 e. The third kappa shape index (κ3) is 11.3. The predicted octanol–water partition coefficient (Wildman–Crippen LogP) is 6.36. The van der Waals surface area contributed by atoms with Gasteiger partial charge in [0.15, 0.2) is 5.82 Å². The molecule has 40 heavy (non-hydrogen) atoms. The summed E-state index contributed by atoms with van der Waals surface area (Å²) < 4.78 is 11.4. The van der Waals surface area contributed by atoms with Gasteiger partial charge in [-0.05, 0) is 49.4 Å². The summed E-state index contributed by atoms with van der Waals surface area (Å²) in [4.78, 5) is 13.9. The smallest absolute Gasteiger partial charge is 0.320 e. The quantitative estimate of drug-likeness (QED) is 0.308. The lowest BCUT2D eigenvalue weighted by atomic mass is 10.1. The van der Waals surface area contributed by atoms with Crippen molar-refractivity contribution in [2.75, 3.05) is 62.9 Å². The maximum absolute atomic E-state index is 9.74. The summed E-state index contributed by atoms with van der Waals surface area (Å²) in [6.45, 7) is 22.9. The van der Waals surface area contributed by atoms with E-state index in [2.05, 4.69) is 39.2 Å². The zero-order valence-electron chi connectivity index (χ0n) is 26.3. The molecule has 9 heteroatoms. The first-order valence-electron chi connectivity index (χ1n) is 15.4. The molecule has 1 aliphatic carbocycles. The number of aromatic hydroxyl groups is 1. The molecule has 1 aromatic heterocycles. The van der Waals surface area contributed by atoms with E-state index in [0.717, 1.165) is 94.3 Å². The highest BCUT2D eigenvalue weighted by molar-refractivity contribution is 6.04. The van der Waals surface area contributed by atoms with Crippen LogP contribution in [0.1, 0.15) is 85.8 Å². The molecule has 1 aliphatic heterocycles. The lowest BCUT2D eigenvalue weighted by Crippen LogP contribution is -2.38. The number of rotatable bonds is 11. The number of aromatic nitrogens is 2. The number of hydrogen-bond acceptors (Lipinski definition) is 9. The largest absolute Gasteiger partial charge is 0.508 e. The first kappa shape index (κ1) is 35.1. The van der Waals surface area contributed by atoms with Crippen molar-refractivity contribution < 1.29 is 14.6 Å². The molecular weight excluding hydrogens is 504 g/mol. The maximum Gasteiger partial charge on any atom is 0.320 e. The Balaban J connectivity index is 0.00000125. The predicted molar refractivity (Wildman–Crippen MR) is 168 cm³/mol. The lowest BCUT2D eigenvalue weighted by Gasteiger charge is -2.26. The molecule has 0 saturated carbocycles. The van der Waals surface area contributed by atoms with Crippen molar-refractivity contribution in [1.29, 1.82) is 0 Å². The molecule has 226 valence electrons. The van der Waals surface area contributed by atoms with Gasteiger partial charge in [0, 0.05) is 44.4 Å². The lowest BCUT2D eigenvalue weighted by molar-refractivity contribution is 0.0317. The number of benzene rings is 1. The first-order chi connectivity index (χ1) is 19.7. The average molecular weight is 559 g/mol. The molecule has 0 amide bonds. The monoisotopic (exact) mass is 558 g/mol. The zero-order chi connectivity index (χ0) is 29.8. The fourth-order valence-electron chi connectivity index (χ4n) is 4.37. The van der Waals surface area contributed by atoms with E-state index in [1.165, 1.54) is 0 Å². The van der Waals surface area contributed by atoms with Gasteiger partial charge >= 0.3 is 6.01 Å². The number of nitrogens with zero attached hydrogens (tertiary/aromatic N) is 5. The van der Waals surface area contributed by atoms with E-state index < -0.39 is 0 Å². The van der Waals surface area contributed by atoms with Crippen LogP contribution in [0.25, 0.3) is 0 Å². The van der Waals surface area contributed by atoms with Crippen molar-refractivity contribution in [1.82, 2.24) is 14.9 Å². The molecule has 0 unspecified atom stereocenters. The van der Waals surface area contributed by atoms with Crippen LogP contribution in [0.3, 0.4) is 0 Å². The van der Waals surface area contributed by atoms with Crippen LogP contribution >= 0.6 is 0 Å². The molecule has 0 atom stereocenters. The Bertz CT molecular complexity index is 974. The van der Waals surface area contributed by atoms with Gasteiger partial charge in [-0.1, -0.05) is 55.4 Å². The Hall–Kier alpha value is -2.91. The summed E-state index contributed by atoms with van der Waals surface area (Å²) in [5.41, 5.74) is 6.29. The second-order valence-corrected chi connectivity index (χ2v) is 8.70. The number of nitrogens with one attached hydrogen (secondary N) is 1. The van der Waals surface area contributed by atoms with Crippen molar-refractivity contribution in [3.63, 3.8) is 0 Å². The molecule has 0 radical (unpaired) electrons. The van der Waals surface area contributed by atoms with Gasteiger partial charge in [-0.3, -0.25) is 10.3 Å². The number of hydrazone groups is 1. The molecule has 9 nitrogen and oxygen atoms in total. The summed E-state index contributed by atoms with van der Waals surface area (Å²) in [6, 6.07) is 7.75. The number of anilines is 2. The molecule has 1 fully saturated rings. The SMILES string of the molecule is CC.CC.CC.CCCN(CCC)c1cc(N/N=C2\CCc3cc(O)ccc32)nc(OCCN2CCOCC2)n1. The van der Waals surface area contributed by atoms with Gasteiger partial charge in [-0.2, -0.15) is 15.1 Å². The van der Waals surface area contributed by atoms with Crippen LogP contribution in [0.15, 0.2) is 29.4 Å². The van der Waals surface area contributed by atoms with Crippen LogP contribution in [0.2, 0.25) is 0 Å². The van der Waals surface area contributed by atoms with Gasteiger partial charge < -0.3 is 19.5 Å². The number of phenols is 1. The van der Waals surface area contributed by atoms with E-state index in [-0.39, 0.29) is 0 Å². The number of ether oxygens (including phenoxy) is 2. The number of morpholine rings is 1. The van der Waals surface area contributed by atoms with Crippen molar-refractivity contribution in [2.45, 2.75) is 81.1 Å². The maximum atomic E-state index is 9.74. The summed E-state index contributed by atoms with van der Waals surface area (Å²) in [6.07, 6.45) is 3.76. The molecular formula is C31H54N6O3. The van der Waals surface area contributed by atoms with Crippen molar-refractivity contribution >= 4 is 17.3 Å². The normalized spacial score (nSPS) is 14.9. The minimum absolute atomic E-state index is 0.291. The Kier molecular flexibility index (Phi) is 18.4. The average Bonchev–Trinajstić information content (AvgIpc) is 3.41. The summed E-state index contributed by atoms with van der Waals surface area (Å²) in [5.74, 6) is 1.75. The van der Waals surface area contributed by atoms with Crippen molar-refractivity contribution in [3.8, 4) is 11.8 Å². The Morgan fingerprint density at radius 2 is 1.65 bits per heavy atom. The van der Waals surface area contributed by atoms with E-state index in [0.29, 0.717) is 24.2 Å². The molecule has 1 aromatic carbocycles. The Morgan fingerprint density at radius 3 is 2.30 bits per heavy atom. The fourth-order valence-corrected chi connectivity index (χ4v) is 4.37. The number of hydrogen-bond donors (Lipinski definition) is 2. The van der Waals surface area contributed by atoms with Crippen LogP contribution in [0.5, 0.6) is 11.8 Å². The van der Waals surface area contributed by atoms with Gasteiger partial charge in [0.25, 0.3) is 0 Å². The van der Waals surface area contributed by atoms with Crippen LogP contribution < -0.4 is 15.1 Å². The third-order valence-electron chi connectivity index (χ3n) is 6.08. The topological polar surface area (TPSA) is 95.3 Å². The molecule has 0 spiro atoms. The first-order valence-corrected chi connectivity index (χ1v) is 15.4. The molecule has 2 aliphatic rings. The zero-order valence-corrected chi connectivity index (χ0v) is 26.3. The van der Waals surface area contributed by atoms with Gasteiger partial charge in [-0.15, -0.1) is 0 Å². The van der Waals surface area contributed by atoms with Crippen LogP contribution in [0, 0.1) is 0 Å². The van der Waals surface area contributed by atoms with E-state index in [1.807, 2.05) is 59.7 Å². The second-order valence-electron chi connectivity index (χ2n) is 8.70. The highest BCUT2D eigenvalue weighted by Gasteiger charge is 2.19. The molecule has 1 saturated heterocycles. The molecule has 4 rings (SSSR count). The van der Waals surface area contributed by atoms with Gasteiger partial charge in [0.05, 0.1) is 18.9 Å². The minimum atomic E-state index is 0.291.